The molecule has 2 aromatic rings. The first-order valence-electron chi connectivity index (χ1n) is 8.88. The van der Waals surface area contributed by atoms with Crippen LogP contribution in [0.1, 0.15) is 10.4 Å². The fourth-order valence-corrected chi connectivity index (χ4v) is 2.48. The molecule has 0 saturated carbocycles. The van der Waals surface area contributed by atoms with Gasteiger partial charge in [-0.25, -0.2) is 13.8 Å². The van der Waals surface area contributed by atoms with Gasteiger partial charge in [-0.05, 0) is 6.07 Å². The predicted molar refractivity (Wildman–Crippen MR) is 93.6 cm³/mol. The van der Waals surface area contributed by atoms with Crippen molar-refractivity contribution < 1.29 is 66.9 Å². The highest BCUT2D eigenvalue weighted by molar-refractivity contribution is 6.32. The van der Waals surface area contributed by atoms with Crippen LogP contribution in [0.3, 0.4) is 0 Å². The van der Waals surface area contributed by atoms with E-state index in [0.717, 1.165) is 4.68 Å². The van der Waals surface area contributed by atoms with Crippen molar-refractivity contribution >= 4 is 17.5 Å². The van der Waals surface area contributed by atoms with E-state index in [0.29, 0.717) is 12.3 Å². The second-order valence-corrected chi connectivity index (χ2v) is 7.15. The lowest BCUT2D eigenvalue weighted by Crippen LogP contribution is -2.69. The summed E-state index contributed by atoms with van der Waals surface area (Å²) in [6, 6.07) is 0.698. The van der Waals surface area contributed by atoms with Gasteiger partial charge in [0, 0.05) is 6.20 Å². The van der Waals surface area contributed by atoms with Gasteiger partial charge in [-0.15, -0.1) is 5.43 Å². The molecule has 0 aliphatic heterocycles. The van der Waals surface area contributed by atoms with Crippen molar-refractivity contribution in [2.75, 3.05) is 12.0 Å². The molecule has 0 aliphatic carbocycles. The van der Waals surface area contributed by atoms with E-state index in [9.17, 15) is 57.5 Å². The maximum atomic E-state index is 13.8. The Labute approximate surface area is 196 Å². The minimum absolute atomic E-state index is 0.367. The van der Waals surface area contributed by atoms with Crippen molar-refractivity contribution in [2.45, 2.75) is 36.0 Å². The molecule has 0 aromatic carbocycles. The lowest BCUT2D eigenvalue weighted by atomic mass is 9.94. The van der Waals surface area contributed by atoms with E-state index in [4.69, 9.17) is 11.6 Å². The fraction of sp³-hybridized carbons (Fsp3) is 0.412. The minimum Gasteiger partial charge on any atom is -0.470 e. The van der Waals surface area contributed by atoms with Gasteiger partial charge in [0.15, 0.2) is 6.61 Å². The van der Waals surface area contributed by atoms with Crippen molar-refractivity contribution in [2.24, 2.45) is 0 Å². The standard InChI is InChI=1S/C17H9ClF12N4O2/c18-9-5-8(10(35)33-34-3-1-31-2-4-34)6-32-11(9)36-7-13(21,22)15(25,26)17(29,30)16(27,28)14(23,24)12(19)20/h1-6,12H,7H2/p+1. The second kappa shape index (κ2) is 9.78. The molecule has 0 unspecified atom stereocenters. The van der Waals surface area contributed by atoms with Gasteiger partial charge in [0.1, 0.15) is 5.02 Å². The molecule has 0 atom stereocenters. The number of carbonyl (C=O) groups is 1. The summed E-state index contributed by atoms with van der Waals surface area (Å²) in [5.74, 6) is -38.2. The molecule has 0 radical (unpaired) electrons. The van der Waals surface area contributed by atoms with E-state index in [1.165, 1.54) is 24.8 Å². The lowest BCUT2D eigenvalue weighted by molar-refractivity contribution is -0.641. The average molecular weight is 566 g/mol. The van der Waals surface area contributed by atoms with Crippen LogP contribution in [0.2, 0.25) is 5.02 Å². The van der Waals surface area contributed by atoms with Crippen LogP contribution < -0.4 is 14.8 Å². The maximum Gasteiger partial charge on any atom is 0.384 e. The molecule has 200 valence electrons. The van der Waals surface area contributed by atoms with E-state index < -0.39 is 59.5 Å². The van der Waals surface area contributed by atoms with Crippen LogP contribution in [0.15, 0.2) is 37.1 Å². The SMILES string of the molecule is O=C(N[n+]1ccncc1)c1cnc(OCC(F)(F)C(F)(F)C(F)(F)C(F)(F)C(F)(F)C(F)F)c(Cl)c1. The zero-order chi connectivity index (χ0) is 27.7. The summed E-state index contributed by atoms with van der Waals surface area (Å²) >= 11 is 5.61. The topological polar surface area (TPSA) is 68.0 Å². The third kappa shape index (κ3) is 5.08. The summed E-state index contributed by atoms with van der Waals surface area (Å²) in [5.41, 5.74) is 1.88. The summed E-state index contributed by atoms with van der Waals surface area (Å²) in [7, 11) is 0. The van der Waals surface area contributed by atoms with Gasteiger partial charge in [-0.3, -0.25) is 9.78 Å². The number of rotatable bonds is 10. The number of aromatic nitrogens is 3. The smallest absolute Gasteiger partial charge is 0.384 e. The van der Waals surface area contributed by atoms with Crippen LogP contribution in [0.5, 0.6) is 5.88 Å². The number of alkyl halides is 12. The Kier molecular flexibility index (Phi) is 7.93. The van der Waals surface area contributed by atoms with E-state index in [1.807, 2.05) is 0 Å². The molecule has 19 heteroatoms. The maximum absolute atomic E-state index is 13.8. The fourth-order valence-electron chi connectivity index (χ4n) is 2.25. The monoisotopic (exact) mass is 565 g/mol. The summed E-state index contributed by atoms with van der Waals surface area (Å²) in [5, 5.41) is -0.831. The number of carbonyl (C=O) groups excluding carboxylic acids is 1. The number of hydrogen-bond acceptors (Lipinski definition) is 4. The number of pyridine rings is 1. The zero-order valence-electron chi connectivity index (χ0n) is 16.8. The summed E-state index contributed by atoms with van der Waals surface area (Å²) in [6.45, 7) is -2.89. The van der Waals surface area contributed by atoms with Crippen LogP contribution in [0, 0.1) is 0 Å². The Morgan fingerprint density at radius 1 is 0.972 bits per heavy atom. The number of nitrogens with one attached hydrogen (secondary N) is 1. The molecule has 1 amide bonds. The minimum atomic E-state index is -7.68. The molecular weight excluding hydrogens is 556 g/mol. The van der Waals surface area contributed by atoms with Gasteiger partial charge in [-0.1, -0.05) is 16.3 Å². The van der Waals surface area contributed by atoms with Crippen molar-refractivity contribution in [3.8, 4) is 5.88 Å². The highest BCUT2D eigenvalue weighted by Gasteiger charge is 2.87. The predicted octanol–water partition coefficient (Wildman–Crippen LogP) is 4.62. The van der Waals surface area contributed by atoms with Crippen LogP contribution in [-0.2, 0) is 0 Å². The molecular formula is C17H10ClF12N4O2+. The summed E-state index contributed by atoms with van der Waals surface area (Å²) < 4.78 is 164. The molecule has 0 bridgehead atoms. The van der Waals surface area contributed by atoms with Gasteiger partial charge in [0.05, 0.1) is 18.0 Å². The normalized spacial score (nSPS) is 13.6. The van der Waals surface area contributed by atoms with Gasteiger partial charge >= 0.3 is 41.9 Å². The van der Waals surface area contributed by atoms with E-state index in [2.05, 4.69) is 20.1 Å². The molecule has 36 heavy (non-hydrogen) atoms. The molecule has 1 N–H and O–H groups in total. The lowest BCUT2D eigenvalue weighted by Gasteiger charge is -2.38. The van der Waals surface area contributed by atoms with Gasteiger partial charge in [0.2, 0.25) is 18.3 Å². The van der Waals surface area contributed by atoms with Crippen LogP contribution >= 0.6 is 11.6 Å². The van der Waals surface area contributed by atoms with Gasteiger partial charge in [0.25, 0.3) is 0 Å². The Bertz CT molecular complexity index is 1090. The second-order valence-electron chi connectivity index (χ2n) is 6.74. The van der Waals surface area contributed by atoms with Crippen molar-refractivity contribution in [1.82, 2.24) is 9.97 Å². The average Bonchev–Trinajstić information content (AvgIpc) is 2.78. The Hall–Kier alpha value is -3.05. The van der Waals surface area contributed by atoms with E-state index in [-0.39, 0.29) is 5.56 Å². The number of amides is 1. The van der Waals surface area contributed by atoms with Crippen LogP contribution in [0.25, 0.3) is 0 Å². The Balaban J connectivity index is 2.22. The largest absolute Gasteiger partial charge is 0.470 e. The number of hydrogen-bond donors (Lipinski definition) is 1. The molecule has 2 aromatic heterocycles. The third-order valence-corrected chi connectivity index (χ3v) is 4.53. The van der Waals surface area contributed by atoms with Crippen molar-refractivity contribution in [3.63, 3.8) is 0 Å². The van der Waals surface area contributed by atoms with Crippen molar-refractivity contribution in [1.29, 1.82) is 0 Å². The molecule has 0 spiro atoms. The quantitative estimate of drug-likeness (QED) is 0.337. The summed E-state index contributed by atoms with van der Waals surface area (Å²) in [6.07, 6.45) is 0.0980. The highest BCUT2D eigenvalue weighted by Crippen LogP contribution is 2.58. The van der Waals surface area contributed by atoms with Gasteiger partial charge in [-0.2, -0.15) is 43.9 Å². The van der Waals surface area contributed by atoms with Crippen LogP contribution in [-0.4, -0.2) is 58.5 Å². The number of ether oxygens (including phenoxy) is 1. The molecule has 0 fully saturated rings. The first-order valence-corrected chi connectivity index (χ1v) is 9.25. The Morgan fingerprint density at radius 3 is 2.03 bits per heavy atom. The molecule has 0 aliphatic rings. The first-order chi connectivity index (χ1) is 16.3. The third-order valence-electron chi connectivity index (χ3n) is 4.26. The summed E-state index contributed by atoms with van der Waals surface area (Å²) in [4.78, 5) is 19.0. The molecule has 2 rings (SSSR count). The zero-order valence-corrected chi connectivity index (χ0v) is 17.6. The molecule has 6 nitrogen and oxygen atoms in total. The first kappa shape index (κ1) is 29.2. The Morgan fingerprint density at radius 2 is 1.53 bits per heavy atom. The van der Waals surface area contributed by atoms with Gasteiger partial charge < -0.3 is 4.74 Å². The number of nitrogens with zero attached hydrogens (tertiary/aromatic N) is 3. The van der Waals surface area contributed by atoms with E-state index >= 15 is 0 Å². The number of halogens is 13. The van der Waals surface area contributed by atoms with E-state index in [1.54, 1.807) is 0 Å². The van der Waals surface area contributed by atoms with Crippen molar-refractivity contribution in [3.05, 3.63) is 47.6 Å². The highest BCUT2D eigenvalue weighted by atomic mass is 35.5. The van der Waals surface area contributed by atoms with Crippen LogP contribution in [0.4, 0.5) is 52.7 Å². The molecule has 0 saturated heterocycles. The molecule has 2 heterocycles.